The van der Waals surface area contributed by atoms with Gasteiger partial charge in [0.05, 0.1) is 7.11 Å². The SMILES string of the molecule is COc1ccc2[nH]c(C(=O)NCCC(C)C)cc2c1. The molecule has 0 fully saturated rings. The number of hydrogen-bond acceptors (Lipinski definition) is 2. The number of rotatable bonds is 5. The highest BCUT2D eigenvalue weighted by molar-refractivity contribution is 5.98. The van der Waals surface area contributed by atoms with Gasteiger partial charge in [-0.3, -0.25) is 4.79 Å². The van der Waals surface area contributed by atoms with Crippen LogP contribution in [0.25, 0.3) is 10.9 Å². The first kappa shape index (κ1) is 13.5. The van der Waals surface area contributed by atoms with Crippen molar-refractivity contribution in [2.45, 2.75) is 20.3 Å². The Morgan fingerprint density at radius 1 is 1.37 bits per heavy atom. The quantitative estimate of drug-likeness (QED) is 0.868. The van der Waals surface area contributed by atoms with Crippen LogP contribution in [0, 0.1) is 5.92 Å². The predicted molar refractivity (Wildman–Crippen MR) is 76.6 cm³/mol. The van der Waals surface area contributed by atoms with Crippen LogP contribution in [-0.4, -0.2) is 24.5 Å². The number of methoxy groups -OCH3 is 1. The summed E-state index contributed by atoms with van der Waals surface area (Å²) in [6.45, 7) is 4.98. The number of amides is 1. The summed E-state index contributed by atoms with van der Waals surface area (Å²) in [5.41, 5.74) is 1.53. The summed E-state index contributed by atoms with van der Waals surface area (Å²) >= 11 is 0. The van der Waals surface area contributed by atoms with Gasteiger partial charge >= 0.3 is 0 Å². The van der Waals surface area contributed by atoms with Gasteiger partial charge in [0.1, 0.15) is 11.4 Å². The van der Waals surface area contributed by atoms with Gasteiger partial charge in [-0.2, -0.15) is 0 Å². The number of carbonyl (C=O) groups is 1. The number of carbonyl (C=O) groups excluding carboxylic acids is 1. The largest absolute Gasteiger partial charge is 0.497 e. The second-order valence-corrected chi connectivity index (χ2v) is 5.07. The lowest BCUT2D eigenvalue weighted by molar-refractivity contribution is 0.0948. The molecule has 0 spiro atoms. The number of aromatic nitrogens is 1. The Morgan fingerprint density at radius 2 is 2.16 bits per heavy atom. The summed E-state index contributed by atoms with van der Waals surface area (Å²) < 4.78 is 5.17. The smallest absolute Gasteiger partial charge is 0.267 e. The molecule has 2 rings (SSSR count). The normalized spacial score (nSPS) is 10.9. The van der Waals surface area contributed by atoms with Crippen LogP contribution in [0.1, 0.15) is 30.8 Å². The van der Waals surface area contributed by atoms with Crippen LogP contribution in [-0.2, 0) is 0 Å². The third kappa shape index (κ3) is 3.28. The van der Waals surface area contributed by atoms with Crippen molar-refractivity contribution < 1.29 is 9.53 Å². The van der Waals surface area contributed by atoms with E-state index >= 15 is 0 Å². The van der Waals surface area contributed by atoms with Crippen LogP contribution in [0.5, 0.6) is 5.75 Å². The summed E-state index contributed by atoms with van der Waals surface area (Å²) in [5.74, 6) is 1.32. The number of ether oxygens (including phenoxy) is 1. The van der Waals surface area contributed by atoms with Crippen LogP contribution >= 0.6 is 0 Å². The van der Waals surface area contributed by atoms with E-state index in [1.807, 2.05) is 24.3 Å². The summed E-state index contributed by atoms with van der Waals surface area (Å²) in [6, 6.07) is 7.55. The fraction of sp³-hybridized carbons (Fsp3) is 0.400. The fourth-order valence-corrected chi connectivity index (χ4v) is 1.93. The fourth-order valence-electron chi connectivity index (χ4n) is 1.93. The van der Waals surface area contributed by atoms with Crippen LogP contribution in [0.2, 0.25) is 0 Å². The summed E-state index contributed by atoms with van der Waals surface area (Å²) in [7, 11) is 1.63. The first-order valence-corrected chi connectivity index (χ1v) is 6.55. The first-order valence-electron chi connectivity index (χ1n) is 6.55. The lowest BCUT2D eigenvalue weighted by atomic mass is 10.1. The maximum Gasteiger partial charge on any atom is 0.267 e. The molecule has 0 aliphatic carbocycles. The number of nitrogens with one attached hydrogen (secondary N) is 2. The molecule has 2 aromatic rings. The Balaban J connectivity index is 2.10. The minimum atomic E-state index is -0.0594. The third-order valence-corrected chi connectivity index (χ3v) is 3.08. The molecular formula is C15H20N2O2. The van der Waals surface area contributed by atoms with Crippen LogP contribution in [0.15, 0.2) is 24.3 Å². The zero-order chi connectivity index (χ0) is 13.8. The van der Waals surface area contributed by atoms with Gasteiger partial charge in [0.2, 0.25) is 0 Å². The van der Waals surface area contributed by atoms with Crippen LogP contribution in [0.4, 0.5) is 0 Å². The van der Waals surface area contributed by atoms with Gasteiger partial charge in [-0.25, -0.2) is 0 Å². The highest BCUT2D eigenvalue weighted by Crippen LogP contribution is 2.21. The highest BCUT2D eigenvalue weighted by Gasteiger charge is 2.09. The number of aromatic amines is 1. The second-order valence-electron chi connectivity index (χ2n) is 5.07. The monoisotopic (exact) mass is 260 g/mol. The van der Waals surface area contributed by atoms with Gasteiger partial charge < -0.3 is 15.0 Å². The molecule has 0 aliphatic heterocycles. The minimum Gasteiger partial charge on any atom is -0.497 e. The Morgan fingerprint density at radius 3 is 2.84 bits per heavy atom. The van der Waals surface area contributed by atoms with Gasteiger partial charge in [0.15, 0.2) is 0 Å². The van der Waals surface area contributed by atoms with Crippen molar-refractivity contribution in [1.82, 2.24) is 10.3 Å². The maximum atomic E-state index is 12.0. The lowest BCUT2D eigenvalue weighted by Gasteiger charge is -2.05. The summed E-state index contributed by atoms with van der Waals surface area (Å²) in [6.07, 6.45) is 0.986. The number of hydrogen-bond donors (Lipinski definition) is 2. The van der Waals surface area contributed by atoms with E-state index in [0.717, 1.165) is 23.1 Å². The molecule has 4 heteroatoms. The maximum absolute atomic E-state index is 12.0. The summed E-state index contributed by atoms with van der Waals surface area (Å²) in [4.78, 5) is 15.1. The first-order chi connectivity index (χ1) is 9.10. The second kappa shape index (κ2) is 5.78. The van der Waals surface area contributed by atoms with E-state index < -0.39 is 0 Å². The van der Waals surface area contributed by atoms with Crippen molar-refractivity contribution in [2.24, 2.45) is 5.92 Å². The van der Waals surface area contributed by atoms with Crippen molar-refractivity contribution in [3.05, 3.63) is 30.0 Å². The number of H-pyrrole nitrogens is 1. The van der Waals surface area contributed by atoms with Crippen molar-refractivity contribution in [3.8, 4) is 5.75 Å². The molecule has 1 aromatic carbocycles. The van der Waals surface area contributed by atoms with Crippen molar-refractivity contribution in [2.75, 3.05) is 13.7 Å². The average molecular weight is 260 g/mol. The standard InChI is InChI=1S/C15H20N2O2/c1-10(2)6-7-16-15(18)14-9-11-8-12(19-3)4-5-13(11)17-14/h4-5,8-10,17H,6-7H2,1-3H3,(H,16,18). The molecule has 0 atom stereocenters. The van der Waals surface area contributed by atoms with Crippen molar-refractivity contribution >= 4 is 16.8 Å². The molecule has 1 amide bonds. The van der Waals surface area contributed by atoms with E-state index in [4.69, 9.17) is 4.74 Å². The average Bonchev–Trinajstić information content (AvgIpc) is 2.80. The van der Waals surface area contributed by atoms with Gasteiger partial charge in [-0.15, -0.1) is 0 Å². The Bertz CT molecular complexity index is 573. The zero-order valence-corrected chi connectivity index (χ0v) is 11.6. The molecule has 0 radical (unpaired) electrons. The molecule has 4 nitrogen and oxygen atoms in total. The lowest BCUT2D eigenvalue weighted by Crippen LogP contribution is -2.25. The van der Waals surface area contributed by atoms with Gasteiger partial charge in [0.25, 0.3) is 5.91 Å². The molecule has 0 aliphatic rings. The molecule has 0 bridgehead atoms. The van der Waals surface area contributed by atoms with Crippen molar-refractivity contribution in [3.63, 3.8) is 0 Å². The molecule has 0 unspecified atom stereocenters. The predicted octanol–water partition coefficient (Wildman–Crippen LogP) is 2.95. The minimum absolute atomic E-state index is 0.0594. The Kier molecular flexibility index (Phi) is 4.10. The zero-order valence-electron chi connectivity index (χ0n) is 11.6. The van der Waals surface area contributed by atoms with Gasteiger partial charge in [-0.1, -0.05) is 13.8 Å². The molecule has 0 saturated heterocycles. The van der Waals surface area contributed by atoms with E-state index in [1.54, 1.807) is 7.11 Å². The molecule has 1 heterocycles. The van der Waals surface area contributed by atoms with Crippen LogP contribution < -0.4 is 10.1 Å². The number of benzene rings is 1. The Labute approximate surface area is 113 Å². The topological polar surface area (TPSA) is 54.1 Å². The third-order valence-electron chi connectivity index (χ3n) is 3.08. The molecule has 102 valence electrons. The van der Waals surface area contributed by atoms with E-state index in [1.165, 1.54) is 0 Å². The Hall–Kier alpha value is -1.97. The molecule has 1 aromatic heterocycles. The van der Waals surface area contributed by atoms with E-state index in [-0.39, 0.29) is 5.91 Å². The highest BCUT2D eigenvalue weighted by atomic mass is 16.5. The van der Waals surface area contributed by atoms with E-state index in [0.29, 0.717) is 18.2 Å². The summed E-state index contributed by atoms with van der Waals surface area (Å²) in [5, 5.41) is 3.90. The van der Waals surface area contributed by atoms with Gasteiger partial charge in [-0.05, 0) is 36.6 Å². The number of fused-ring (bicyclic) bond motifs is 1. The van der Waals surface area contributed by atoms with Crippen LogP contribution in [0.3, 0.4) is 0 Å². The molecule has 0 saturated carbocycles. The molecular weight excluding hydrogens is 240 g/mol. The molecule has 2 N–H and O–H groups in total. The van der Waals surface area contributed by atoms with Crippen molar-refractivity contribution in [1.29, 1.82) is 0 Å². The van der Waals surface area contributed by atoms with Gasteiger partial charge in [0, 0.05) is 17.4 Å². The molecule has 19 heavy (non-hydrogen) atoms. The van der Waals surface area contributed by atoms with E-state index in [9.17, 15) is 4.79 Å². The van der Waals surface area contributed by atoms with E-state index in [2.05, 4.69) is 24.1 Å².